The second-order valence-electron chi connectivity index (χ2n) is 4.97. The van der Waals surface area contributed by atoms with Crippen molar-refractivity contribution in [2.24, 2.45) is 0 Å². The Balaban J connectivity index is 2.37. The molecule has 0 spiro atoms. The third kappa shape index (κ3) is 2.12. The van der Waals surface area contributed by atoms with E-state index in [4.69, 9.17) is 11.2 Å². The van der Waals surface area contributed by atoms with E-state index in [1.54, 1.807) is 0 Å². The molecule has 0 saturated heterocycles. The molecular formula is C15H15N3O3. The molecule has 6 heteroatoms. The van der Waals surface area contributed by atoms with Crippen LogP contribution in [0.25, 0.3) is 10.9 Å². The van der Waals surface area contributed by atoms with E-state index in [-0.39, 0.29) is 59.5 Å². The minimum Gasteiger partial charge on any atom is -0.398 e. The first-order chi connectivity index (χ1) is 11.7. The van der Waals surface area contributed by atoms with E-state index >= 15 is 0 Å². The zero-order valence-electron chi connectivity index (χ0n) is 15.0. The Morgan fingerprint density at radius 3 is 3.00 bits per heavy atom. The molecule has 1 saturated carbocycles. The molecule has 21 heavy (non-hydrogen) atoms. The van der Waals surface area contributed by atoms with Gasteiger partial charge in [-0.3, -0.25) is 19.0 Å². The minimum atomic E-state index is -1.68. The van der Waals surface area contributed by atoms with Gasteiger partial charge in [-0.15, -0.1) is 0 Å². The molecule has 108 valence electrons. The number of hydrogen-bond donors (Lipinski definition) is 1. The Morgan fingerprint density at radius 2 is 2.29 bits per heavy atom. The molecule has 0 radical (unpaired) electrons. The number of carbonyl (C=O) groups is 2. The van der Waals surface area contributed by atoms with E-state index < -0.39 is 24.3 Å². The number of Topliss-reactive ketones (excluding diaryl/α,β-unsaturated/α-hetero) is 2. The predicted octanol–water partition coefficient (Wildman–Crippen LogP) is 1.15. The summed E-state index contributed by atoms with van der Waals surface area (Å²) < 4.78 is 31.9. The van der Waals surface area contributed by atoms with Crippen molar-refractivity contribution in [2.75, 3.05) is 5.73 Å². The van der Waals surface area contributed by atoms with Crippen LogP contribution in [-0.4, -0.2) is 21.1 Å². The minimum absolute atomic E-state index is 0.0559. The van der Waals surface area contributed by atoms with Crippen LogP contribution in [0.5, 0.6) is 0 Å². The predicted molar refractivity (Wildman–Crippen MR) is 78.1 cm³/mol. The van der Waals surface area contributed by atoms with Crippen molar-refractivity contribution in [3.05, 3.63) is 34.3 Å². The average molecular weight is 289 g/mol. The Hall–Kier alpha value is -2.50. The molecule has 1 aliphatic rings. The van der Waals surface area contributed by atoms with Crippen LogP contribution in [0.3, 0.4) is 0 Å². The van der Waals surface area contributed by atoms with Crippen LogP contribution < -0.4 is 11.3 Å². The highest BCUT2D eigenvalue weighted by atomic mass is 16.2. The normalized spacial score (nSPS) is 22.0. The van der Waals surface area contributed by atoms with Crippen molar-refractivity contribution >= 4 is 28.2 Å². The lowest BCUT2D eigenvalue weighted by molar-refractivity contribution is -0.132. The van der Waals surface area contributed by atoms with Gasteiger partial charge in [0.05, 0.1) is 26.1 Å². The molecule has 1 heterocycles. The second kappa shape index (κ2) is 4.80. The summed E-state index contributed by atoms with van der Waals surface area (Å²) in [7, 11) is 0. The van der Waals surface area contributed by atoms with Gasteiger partial charge in [-0.05, 0) is 25.4 Å². The number of anilines is 1. The number of hydrogen-bond acceptors (Lipinski definition) is 5. The fourth-order valence-electron chi connectivity index (χ4n) is 2.59. The number of nitrogens with two attached hydrogens (primary N) is 1. The Bertz CT molecular complexity index is 971. The van der Waals surface area contributed by atoms with Gasteiger partial charge in [-0.25, -0.2) is 4.98 Å². The summed E-state index contributed by atoms with van der Waals surface area (Å²) in [6.07, 6.45) is -0.0967. The lowest BCUT2D eigenvalue weighted by Gasteiger charge is -2.24. The van der Waals surface area contributed by atoms with E-state index in [1.807, 2.05) is 0 Å². The van der Waals surface area contributed by atoms with Crippen LogP contribution in [-0.2, 0) is 9.59 Å². The first kappa shape index (κ1) is 9.44. The van der Waals surface area contributed by atoms with Crippen LogP contribution in [0.15, 0.2) is 22.9 Å². The highest BCUT2D eigenvalue weighted by Crippen LogP contribution is 2.24. The van der Waals surface area contributed by atoms with E-state index in [2.05, 4.69) is 4.98 Å². The van der Waals surface area contributed by atoms with Crippen molar-refractivity contribution in [2.45, 2.75) is 32.2 Å². The summed E-state index contributed by atoms with van der Waals surface area (Å²) in [5.41, 5.74) is 4.87. The van der Waals surface area contributed by atoms with E-state index in [1.165, 1.54) is 0 Å². The molecule has 0 bridgehead atoms. The van der Waals surface area contributed by atoms with Crippen LogP contribution in [0, 0.1) is 6.88 Å². The molecular weight excluding hydrogens is 270 g/mol. The summed E-state index contributed by atoms with van der Waals surface area (Å²) in [4.78, 5) is 40.7. The first-order valence-electron chi connectivity index (χ1n) is 8.58. The topological polar surface area (TPSA) is 95.0 Å². The van der Waals surface area contributed by atoms with Crippen molar-refractivity contribution in [1.82, 2.24) is 9.55 Å². The lowest BCUT2D eigenvalue weighted by atomic mass is 9.92. The summed E-state index contributed by atoms with van der Waals surface area (Å²) in [5, 5.41) is -0.116. The van der Waals surface area contributed by atoms with Gasteiger partial charge >= 0.3 is 0 Å². The maximum absolute atomic E-state index is 13.0. The number of ketones is 2. The number of fused-ring (bicyclic) bond motifs is 1. The number of benzene rings is 1. The molecule has 1 fully saturated rings. The zero-order valence-corrected chi connectivity index (χ0v) is 11.0. The zero-order chi connectivity index (χ0) is 18.5. The van der Waals surface area contributed by atoms with Gasteiger partial charge in [-0.1, -0.05) is 6.04 Å². The molecule has 1 aromatic carbocycles. The molecule has 0 amide bonds. The number of nitrogens with zero attached hydrogens (tertiary/aromatic N) is 2. The quantitative estimate of drug-likeness (QED) is 0.627. The van der Waals surface area contributed by atoms with Crippen LogP contribution in [0.2, 0.25) is 0 Å². The number of carbonyl (C=O) groups excluding carboxylic acids is 2. The molecule has 0 aliphatic heterocycles. The van der Waals surface area contributed by atoms with Crippen LogP contribution >= 0.6 is 0 Å². The molecule has 1 unspecified atom stereocenters. The summed E-state index contributed by atoms with van der Waals surface area (Å²) in [6.45, 7) is -1.68. The molecule has 2 N–H and O–H groups in total. The number of nitrogen functional groups attached to an aromatic ring is 1. The Labute approximate surface area is 126 Å². The molecule has 6 nitrogen and oxygen atoms in total. The highest BCUT2D eigenvalue weighted by molar-refractivity contribution is 6.03. The maximum atomic E-state index is 13.0. The lowest BCUT2D eigenvalue weighted by Crippen LogP contribution is -2.36. The molecule has 3 rings (SSSR count). The fraction of sp³-hybridized carbons (Fsp3) is 0.333. The molecule has 2 aromatic rings. The highest BCUT2D eigenvalue weighted by Gasteiger charge is 2.30. The average Bonchev–Trinajstić information content (AvgIpc) is 2.52. The van der Waals surface area contributed by atoms with Gasteiger partial charge in [0.15, 0.2) is 5.78 Å². The van der Waals surface area contributed by atoms with E-state index in [9.17, 15) is 14.4 Å². The van der Waals surface area contributed by atoms with Gasteiger partial charge in [0.1, 0.15) is 11.6 Å². The van der Waals surface area contributed by atoms with Gasteiger partial charge in [0, 0.05) is 14.8 Å². The smallest absolute Gasteiger partial charge is 0.264 e. The Morgan fingerprint density at radius 1 is 1.48 bits per heavy atom. The Kier molecular flexibility index (Phi) is 2.16. The van der Waals surface area contributed by atoms with Gasteiger partial charge in [0.25, 0.3) is 5.56 Å². The first-order valence-corrected chi connectivity index (χ1v) is 6.43. The van der Waals surface area contributed by atoms with Crippen LogP contribution in [0.1, 0.15) is 36.6 Å². The van der Waals surface area contributed by atoms with Gasteiger partial charge < -0.3 is 5.73 Å². The van der Waals surface area contributed by atoms with Crippen LogP contribution in [0.4, 0.5) is 5.69 Å². The third-order valence-electron chi connectivity index (χ3n) is 3.60. The van der Waals surface area contributed by atoms with Gasteiger partial charge in [-0.2, -0.15) is 0 Å². The van der Waals surface area contributed by atoms with Crippen molar-refractivity contribution in [3.63, 3.8) is 0 Å². The second-order valence-corrected chi connectivity index (χ2v) is 4.97. The van der Waals surface area contributed by atoms with Crippen molar-refractivity contribution < 1.29 is 15.1 Å². The molecule has 1 aliphatic carbocycles. The third-order valence-corrected chi connectivity index (χ3v) is 3.60. The monoisotopic (exact) mass is 289 g/mol. The van der Waals surface area contributed by atoms with Gasteiger partial charge in [0.2, 0.25) is 0 Å². The SMILES string of the molecule is [2H]c1cc(N)c2c(=O)n(C3CCC(=O)CC3=O)c(C([2H])[2H])nc2c1[2H]. The van der Waals surface area contributed by atoms with Crippen molar-refractivity contribution in [1.29, 1.82) is 0 Å². The maximum Gasteiger partial charge on any atom is 0.264 e. The van der Waals surface area contributed by atoms with E-state index in [0.717, 1.165) is 10.6 Å². The number of aryl methyl sites for hydroxylation is 1. The standard InChI is InChI=1S/C15H15N3O3/c1-8-17-11-4-2-3-10(16)14(11)15(21)18(8)12-6-5-9(19)7-13(12)20/h2-4,12H,5-7,16H2,1H3/i1D2,2D,4D. The summed E-state index contributed by atoms with van der Waals surface area (Å²) in [5.74, 6) is -0.989. The largest absolute Gasteiger partial charge is 0.398 e. The fourth-order valence-corrected chi connectivity index (χ4v) is 2.59. The molecule has 1 atom stereocenters. The van der Waals surface area contributed by atoms with E-state index in [0.29, 0.717) is 0 Å². The number of aromatic nitrogens is 2. The number of rotatable bonds is 1. The summed E-state index contributed by atoms with van der Waals surface area (Å²) in [6, 6.07) is -0.394. The van der Waals surface area contributed by atoms with Crippen molar-refractivity contribution in [3.8, 4) is 0 Å². The summed E-state index contributed by atoms with van der Waals surface area (Å²) >= 11 is 0. The molecule has 1 aromatic heterocycles.